The Bertz CT molecular complexity index is 2880. The van der Waals surface area contributed by atoms with Gasteiger partial charge in [-0.25, -0.2) is 29.5 Å². The Hall–Kier alpha value is -6.66. The molecule has 6 aliphatic rings. The number of amides is 4. The van der Waals surface area contributed by atoms with Gasteiger partial charge in [0.05, 0.1) is 56.6 Å². The zero-order valence-electron chi connectivity index (χ0n) is 38.0. The predicted octanol–water partition coefficient (Wildman–Crippen LogP) is 6.44. The Balaban J connectivity index is 0.794. The lowest BCUT2D eigenvalue weighted by molar-refractivity contribution is -0.148. The van der Waals surface area contributed by atoms with Crippen molar-refractivity contribution in [1.29, 1.82) is 0 Å². The van der Waals surface area contributed by atoms with Gasteiger partial charge in [-0.15, -0.1) is 0 Å². The number of nitrogens with one attached hydrogen (secondary N) is 2. The van der Waals surface area contributed by atoms with Gasteiger partial charge >= 0.3 is 12.2 Å². The number of aryl methyl sites for hydroxylation is 2. The van der Waals surface area contributed by atoms with Gasteiger partial charge in [-0.2, -0.15) is 0 Å². The molecule has 352 valence electrons. The quantitative estimate of drug-likeness (QED) is 0.116. The summed E-state index contributed by atoms with van der Waals surface area (Å²) in [6.45, 7) is 6.08. The summed E-state index contributed by atoms with van der Waals surface area (Å²) in [6, 6.07) is 15.9. The van der Waals surface area contributed by atoms with Crippen molar-refractivity contribution in [2.24, 2.45) is 35.1 Å². The Morgan fingerprint density at radius 2 is 1.12 bits per heavy atom. The van der Waals surface area contributed by atoms with Gasteiger partial charge in [-0.1, -0.05) is 18.2 Å². The van der Waals surface area contributed by atoms with E-state index in [0.717, 1.165) is 98.2 Å². The van der Waals surface area contributed by atoms with Crippen molar-refractivity contribution in [3.63, 3.8) is 0 Å². The summed E-state index contributed by atoms with van der Waals surface area (Å²) in [7, 11) is 0. The summed E-state index contributed by atoms with van der Waals surface area (Å²) in [4.78, 5) is 83.5. The van der Waals surface area contributed by atoms with Gasteiger partial charge in [-0.3, -0.25) is 9.59 Å². The van der Waals surface area contributed by atoms with Gasteiger partial charge in [0, 0.05) is 55.9 Å². The highest BCUT2D eigenvalue weighted by molar-refractivity contribution is 5.92. The number of nitrogens with zero attached hydrogens (tertiary/aromatic N) is 6. The highest BCUT2D eigenvalue weighted by atomic mass is 16.6. The molecule has 0 radical (unpaired) electrons. The second-order valence-corrected chi connectivity index (χ2v) is 19.7. The third-order valence-electron chi connectivity index (χ3n) is 15.6. The van der Waals surface area contributed by atoms with Gasteiger partial charge < -0.3 is 50.2 Å². The van der Waals surface area contributed by atoms with Crippen molar-refractivity contribution in [2.75, 3.05) is 26.4 Å². The SMILES string of the molecule is Cc1nc2c(C)c(-c3ccc4nc([C@@H]5C[C@H]6CC6N5C(=O)[C@H](OC(N)=O)C5CCOCC5)[nH]c4c3)ccc2nc1-c1ccc2nc([C@@H]3C[C@H]4CC4N3C(=O)[C@H](OC(N)=O)C3CCOCC3)[nH]c2c1. The number of fused-ring (bicyclic) bond motifs is 5. The maximum absolute atomic E-state index is 14.2. The minimum absolute atomic E-state index is 0.0852. The molecule has 0 spiro atoms. The number of likely N-dealkylation sites (tertiary alicyclic amines) is 2. The second kappa shape index (κ2) is 16.5. The molecule has 12 rings (SSSR count). The van der Waals surface area contributed by atoms with E-state index in [1.807, 2.05) is 47.1 Å². The number of hydrogen-bond acceptors (Lipinski definition) is 12. The van der Waals surface area contributed by atoms with Crippen molar-refractivity contribution < 1.29 is 38.1 Å². The monoisotopic (exact) mass is 922 g/mol. The number of carbonyl (C=O) groups excluding carboxylic acids is 4. The fourth-order valence-corrected chi connectivity index (χ4v) is 11.9. The van der Waals surface area contributed by atoms with Crippen LogP contribution in [0.3, 0.4) is 0 Å². The van der Waals surface area contributed by atoms with Crippen LogP contribution < -0.4 is 11.5 Å². The van der Waals surface area contributed by atoms with Crippen LogP contribution in [-0.2, 0) is 28.5 Å². The zero-order chi connectivity index (χ0) is 46.5. The first kappa shape index (κ1) is 42.7. The number of ether oxygens (including phenoxy) is 4. The van der Waals surface area contributed by atoms with Gasteiger partial charge in [0.15, 0.2) is 12.2 Å². The van der Waals surface area contributed by atoms with Gasteiger partial charge in [0.2, 0.25) is 0 Å². The molecule has 3 aromatic heterocycles. The number of aromatic amines is 2. The molecule has 3 aromatic carbocycles. The molecule has 2 unspecified atom stereocenters. The van der Waals surface area contributed by atoms with Crippen LogP contribution in [0.25, 0.3) is 55.5 Å². The summed E-state index contributed by atoms with van der Waals surface area (Å²) in [5.41, 5.74) is 21.2. The third-order valence-corrected chi connectivity index (χ3v) is 15.6. The average molecular weight is 923 g/mol. The highest BCUT2D eigenvalue weighted by Crippen LogP contribution is 2.55. The van der Waals surface area contributed by atoms with Crippen LogP contribution in [0.4, 0.5) is 9.59 Å². The minimum Gasteiger partial charge on any atom is -0.436 e. The molecule has 4 amide bonds. The number of imidazole rings is 2. The number of benzene rings is 3. The lowest BCUT2D eigenvalue weighted by Crippen LogP contribution is -2.48. The third kappa shape index (κ3) is 7.48. The topological polar surface area (TPSA) is 247 Å². The predicted molar refractivity (Wildman–Crippen MR) is 247 cm³/mol. The molecular formula is C50H54N10O8. The van der Waals surface area contributed by atoms with Crippen LogP contribution in [0.2, 0.25) is 0 Å². The Morgan fingerprint density at radius 3 is 1.63 bits per heavy atom. The zero-order valence-corrected chi connectivity index (χ0v) is 38.0. The number of primary amides is 2. The summed E-state index contributed by atoms with van der Waals surface area (Å²) in [6.07, 6.45) is 2.11. The number of H-pyrrole nitrogens is 2. The van der Waals surface area contributed by atoms with E-state index in [1.165, 1.54) is 0 Å². The Labute approximate surface area is 390 Å². The number of carbonyl (C=O) groups is 4. The number of hydrogen-bond donors (Lipinski definition) is 4. The van der Waals surface area contributed by atoms with Crippen LogP contribution in [-0.4, -0.2) is 114 Å². The summed E-state index contributed by atoms with van der Waals surface area (Å²) < 4.78 is 22.1. The molecule has 4 saturated heterocycles. The van der Waals surface area contributed by atoms with E-state index in [1.54, 1.807) is 0 Å². The van der Waals surface area contributed by atoms with Crippen molar-refractivity contribution in [1.82, 2.24) is 39.7 Å². The fraction of sp³-hybridized carbons (Fsp3) is 0.480. The maximum atomic E-state index is 14.2. The fourth-order valence-electron chi connectivity index (χ4n) is 11.9. The van der Waals surface area contributed by atoms with Crippen LogP contribution in [0, 0.1) is 37.5 Å². The number of aromatic nitrogens is 6. The molecule has 68 heavy (non-hydrogen) atoms. The van der Waals surface area contributed by atoms with E-state index >= 15 is 0 Å². The van der Waals surface area contributed by atoms with Crippen molar-refractivity contribution in [3.8, 4) is 22.4 Å². The molecule has 8 atom stereocenters. The largest absolute Gasteiger partial charge is 0.436 e. The normalized spacial score (nSPS) is 25.6. The van der Waals surface area contributed by atoms with E-state index in [-0.39, 0.29) is 47.8 Å². The van der Waals surface area contributed by atoms with Crippen LogP contribution in [0.1, 0.15) is 86.4 Å². The van der Waals surface area contributed by atoms with Gasteiger partial charge in [0.25, 0.3) is 11.8 Å². The van der Waals surface area contributed by atoms with E-state index in [2.05, 4.69) is 35.1 Å². The summed E-state index contributed by atoms with van der Waals surface area (Å²) in [5.74, 6) is 1.46. The maximum Gasteiger partial charge on any atom is 0.405 e. The molecule has 2 saturated carbocycles. The molecule has 7 heterocycles. The average Bonchev–Trinajstić information content (AvgIpc) is 4.00. The molecule has 6 N–H and O–H groups in total. The smallest absolute Gasteiger partial charge is 0.405 e. The number of piperidine rings is 2. The van der Waals surface area contributed by atoms with Gasteiger partial charge in [-0.05, 0) is 124 Å². The lowest BCUT2D eigenvalue weighted by atomic mass is 9.92. The second-order valence-electron chi connectivity index (χ2n) is 19.7. The summed E-state index contributed by atoms with van der Waals surface area (Å²) in [5, 5.41) is 0. The van der Waals surface area contributed by atoms with E-state index in [9.17, 15) is 19.2 Å². The Kier molecular flexibility index (Phi) is 10.4. The molecule has 0 bridgehead atoms. The first-order chi connectivity index (χ1) is 33.0. The Morgan fingerprint density at radius 1 is 0.632 bits per heavy atom. The van der Waals surface area contributed by atoms with Crippen LogP contribution in [0.5, 0.6) is 0 Å². The molecule has 4 aliphatic heterocycles. The van der Waals surface area contributed by atoms with Crippen LogP contribution >= 0.6 is 0 Å². The molecule has 2 aliphatic carbocycles. The first-order valence-electron chi connectivity index (χ1n) is 24.0. The van der Waals surface area contributed by atoms with Crippen LogP contribution in [0.15, 0.2) is 48.5 Å². The highest BCUT2D eigenvalue weighted by Gasteiger charge is 2.58. The molecule has 6 aromatic rings. The van der Waals surface area contributed by atoms with Crippen molar-refractivity contribution in [3.05, 3.63) is 71.4 Å². The number of nitrogens with two attached hydrogens (primary N) is 2. The molecule has 18 nitrogen and oxygen atoms in total. The number of rotatable bonds is 10. The first-order valence-corrected chi connectivity index (χ1v) is 24.0. The standard InChI is InChI=1S/C50H54N10O8/c1-23-31(27-3-6-32-35(17-27)57-45(55-32)39-21-29-19-37(29)59(39)47(61)43(67-49(51)63)25-9-13-65-14-10-25)5-8-34-41(23)53-24(2)42(54-34)28-4-7-33-36(18-28)58-46(56-33)40-22-30-20-38(30)60(40)48(62)44(68-50(52)64)26-11-15-66-16-12-26/h3-8,17-18,25-26,29-30,37-40,43-44H,9-16,19-22H2,1-2H3,(H2,51,63)(H2,52,64)(H,55,57)(H,56,58)/t29-,30-,37?,38?,39+,40+,43-,44-/m1/s1. The molecule has 18 heteroatoms. The van der Waals surface area contributed by atoms with E-state index < -0.39 is 24.4 Å². The molecular weight excluding hydrogens is 869 g/mol. The lowest BCUT2D eigenvalue weighted by Gasteiger charge is -2.34. The van der Waals surface area contributed by atoms with E-state index in [4.69, 9.17) is 50.4 Å². The van der Waals surface area contributed by atoms with Crippen molar-refractivity contribution in [2.45, 2.75) is 102 Å². The minimum atomic E-state index is -0.954. The van der Waals surface area contributed by atoms with E-state index in [0.29, 0.717) is 69.8 Å². The van der Waals surface area contributed by atoms with Gasteiger partial charge in [0.1, 0.15) is 11.6 Å². The van der Waals surface area contributed by atoms with Crippen molar-refractivity contribution >= 4 is 57.1 Å². The molecule has 6 fully saturated rings. The summed E-state index contributed by atoms with van der Waals surface area (Å²) >= 11 is 0.